The monoisotopic (exact) mass is 300 g/mol. The molecule has 7 heteroatoms. The van der Waals surface area contributed by atoms with E-state index in [1.54, 1.807) is 0 Å². The molecule has 0 aromatic rings. The Morgan fingerprint density at radius 2 is 1.32 bits per heavy atom. The lowest BCUT2D eigenvalue weighted by atomic mass is 9.91. The molecule has 0 saturated carbocycles. The zero-order chi connectivity index (χ0) is 13.6. The first-order valence-corrected chi connectivity index (χ1v) is 7.76. The zero-order valence-corrected chi connectivity index (χ0v) is 14.4. The van der Waals surface area contributed by atoms with Gasteiger partial charge in [-0.25, -0.2) is 0 Å². The summed E-state index contributed by atoms with van der Waals surface area (Å²) in [6.07, 6.45) is 1.78. The van der Waals surface area contributed by atoms with Gasteiger partial charge in [-0.3, -0.25) is 0 Å². The Morgan fingerprint density at radius 1 is 0.895 bits per heavy atom. The van der Waals surface area contributed by atoms with Crippen molar-refractivity contribution in [2.75, 3.05) is 0 Å². The van der Waals surface area contributed by atoms with Crippen LogP contribution in [0.15, 0.2) is 0 Å². The lowest BCUT2D eigenvalue weighted by molar-refractivity contribution is -0.345. The normalized spacial score (nSPS) is 14.8. The Balaban J connectivity index is -0.00000128. The smallest absolute Gasteiger partial charge is 0.0632 e. The molecule has 0 fully saturated rings. The van der Waals surface area contributed by atoms with E-state index in [1.165, 1.54) is 0 Å². The van der Waals surface area contributed by atoms with Gasteiger partial charge in [0.2, 0.25) is 0 Å². The highest BCUT2D eigenvalue weighted by molar-refractivity contribution is 7.43. The fourth-order valence-electron chi connectivity index (χ4n) is 2.24. The molecule has 0 saturated heterocycles. The predicted molar refractivity (Wildman–Crippen MR) is 77.1 cm³/mol. The van der Waals surface area contributed by atoms with Crippen LogP contribution in [0.5, 0.6) is 0 Å². The molecule has 0 bridgehead atoms. The molecule has 6 nitrogen and oxygen atoms in total. The lowest BCUT2D eigenvalue weighted by Gasteiger charge is -2.35. The van der Waals surface area contributed by atoms with Crippen LogP contribution in [0.4, 0.5) is 0 Å². The molecule has 0 amide bonds. The highest BCUT2D eigenvalue weighted by Gasteiger charge is 2.17. The average Bonchev–Trinajstić information content (AvgIpc) is 1.95. The molecule has 0 rings (SSSR count). The fourth-order valence-corrected chi connectivity index (χ4v) is 2.78. The number of rotatable bonds is 8. The fraction of sp³-hybridized carbons (Fsp3) is 1.00. The van der Waals surface area contributed by atoms with Crippen LogP contribution in [-0.4, -0.2) is 6.10 Å². The lowest BCUT2D eigenvalue weighted by Crippen LogP contribution is -2.25. The Morgan fingerprint density at radius 3 is 1.63 bits per heavy atom. The van der Waals surface area contributed by atoms with Crippen molar-refractivity contribution < 1.29 is 18.9 Å². The number of hydrogen-bond acceptors (Lipinski definition) is 4. The molecule has 19 heavy (non-hydrogen) atoms. The van der Waals surface area contributed by atoms with Crippen LogP contribution < -0.4 is 22.1 Å². The number of phosphoric acid groups is 1. The Labute approximate surface area is 117 Å². The van der Waals surface area contributed by atoms with Crippen LogP contribution in [0.1, 0.15) is 53.9 Å². The van der Waals surface area contributed by atoms with Gasteiger partial charge in [-0.1, -0.05) is 34.6 Å². The van der Waals surface area contributed by atoms with Gasteiger partial charge in [0.05, 0.1) is 13.9 Å². The van der Waals surface area contributed by atoms with Crippen molar-refractivity contribution in [3.05, 3.63) is 0 Å². The molecule has 120 valence electrons. The Kier molecular flexibility index (Phi) is 13.7. The standard InChI is InChI=1S/C12H27O4P.2H3N/c1-9(2)6-11(5)8-12(7-10(3)4)16-17(13,14)15;;/h9-12H,6-8H2,1-5H3,(H2,13,14,15);2*1H3. The number of quaternary nitrogens is 2. The van der Waals surface area contributed by atoms with Gasteiger partial charge in [-0.05, 0) is 37.0 Å². The van der Waals surface area contributed by atoms with E-state index in [2.05, 4.69) is 25.3 Å². The summed E-state index contributed by atoms with van der Waals surface area (Å²) in [7, 11) is -4.87. The van der Waals surface area contributed by atoms with Crippen LogP contribution in [0.2, 0.25) is 0 Å². The van der Waals surface area contributed by atoms with Gasteiger partial charge in [0.15, 0.2) is 0 Å². The van der Waals surface area contributed by atoms with Crippen molar-refractivity contribution in [2.24, 2.45) is 17.8 Å². The summed E-state index contributed by atoms with van der Waals surface area (Å²) in [6, 6.07) is 0. The van der Waals surface area contributed by atoms with E-state index in [0.717, 1.165) is 6.42 Å². The van der Waals surface area contributed by atoms with Gasteiger partial charge >= 0.3 is 0 Å². The van der Waals surface area contributed by atoms with Gasteiger partial charge in [0.1, 0.15) is 0 Å². The molecule has 0 heterocycles. The molecule has 0 aromatic carbocycles. The van der Waals surface area contributed by atoms with Crippen LogP contribution in [0.3, 0.4) is 0 Å². The molecule has 0 spiro atoms. The highest BCUT2D eigenvalue weighted by atomic mass is 31.2. The SMILES string of the molecule is CC(C)CC(C)CC(CC(C)C)OP(=O)([O-])[O-].[NH4+].[NH4+]. The minimum atomic E-state index is -4.87. The Hall–Kier alpha value is 0.0300. The van der Waals surface area contributed by atoms with E-state index in [0.29, 0.717) is 30.6 Å². The Bertz CT molecular complexity index is 256. The third kappa shape index (κ3) is 16.0. The topological polar surface area (TPSA) is 145 Å². The number of phosphoric ester groups is 1. The van der Waals surface area contributed by atoms with E-state index < -0.39 is 13.9 Å². The second-order valence-electron chi connectivity index (χ2n) is 5.77. The van der Waals surface area contributed by atoms with Gasteiger partial charge in [-0.15, -0.1) is 0 Å². The van der Waals surface area contributed by atoms with E-state index in [4.69, 9.17) is 0 Å². The quantitative estimate of drug-likeness (QED) is 0.663. The van der Waals surface area contributed by atoms with Gasteiger partial charge in [-0.2, -0.15) is 0 Å². The molecule has 0 aliphatic heterocycles. The van der Waals surface area contributed by atoms with E-state index in [1.807, 2.05) is 13.8 Å². The van der Waals surface area contributed by atoms with Crippen molar-refractivity contribution in [2.45, 2.75) is 60.0 Å². The van der Waals surface area contributed by atoms with E-state index >= 15 is 0 Å². The van der Waals surface area contributed by atoms with Crippen LogP contribution >= 0.6 is 7.82 Å². The molecule has 0 aromatic heterocycles. The van der Waals surface area contributed by atoms with Crippen LogP contribution in [-0.2, 0) is 9.09 Å². The maximum absolute atomic E-state index is 10.7. The van der Waals surface area contributed by atoms with Crippen molar-refractivity contribution in [1.82, 2.24) is 12.3 Å². The van der Waals surface area contributed by atoms with Crippen molar-refractivity contribution in [1.29, 1.82) is 0 Å². The molecule has 0 aliphatic carbocycles. The first-order chi connectivity index (χ1) is 7.60. The van der Waals surface area contributed by atoms with Gasteiger partial charge < -0.3 is 31.2 Å². The first-order valence-electron chi connectivity index (χ1n) is 6.30. The minimum Gasteiger partial charge on any atom is -0.790 e. The molecular formula is C12H33N2O4P. The first kappa shape index (κ1) is 24.1. The van der Waals surface area contributed by atoms with Crippen molar-refractivity contribution >= 4 is 7.82 Å². The van der Waals surface area contributed by atoms with E-state index in [9.17, 15) is 14.4 Å². The summed E-state index contributed by atoms with van der Waals surface area (Å²) >= 11 is 0. The predicted octanol–water partition coefficient (Wildman–Crippen LogP) is 3.07. The number of hydrogen-bond donors (Lipinski definition) is 2. The summed E-state index contributed by atoms with van der Waals surface area (Å²) < 4.78 is 15.3. The summed E-state index contributed by atoms with van der Waals surface area (Å²) in [6.45, 7) is 10.3. The summed E-state index contributed by atoms with van der Waals surface area (Å²) in [4.78, 5) is 21.4. The molecule has 0 radical (unpaired) electrons. The van der Waals surface area contributed by atoms with Crippen LogP contribution in [0.25, 0.3) is 0 Å². The third-order valence-corrected chi connectivity index (χ3v) is 3.11. The van der Waals surface area contributed by atoms with Crippen molar-refractivity contribution in [3.63, 3.8) is 0 Å². The summed E-state index contributed by atoms with van der Waals surface area (Å²) in [5, 5.41) is 0. The largest absolute Gasteiger partial charge is 0.790 e. The third-order valence-electron chi connectivity index (χ3n) is 2.55. The zero-order valence-electron chi connectivity index (χ0n) is 13.5. The van der Waals surface area contributed by atoms with Crippen molar-refractivity contribution in [3.8, 4) is 0 Å². The van der Waals surface area contributed by atoms with Crippen LogP contribution in [0, 0.1) is 17.8 Å². The average molecular weight is 300 g/mol. The molecule has 2 atom stereocenters. The minimum absolute atomic E-state index is 0. The summed E-state index contributed by atoms with van der Waals surface area (Å²) in [5.41, 5.74) is 0. The molecule has 0 aliphatic rings. The highest BCUT2D eigenvalue weighted by Crippen LogP contribution is 2.33. The second-order valence-corrected chi connectivity index (χ2v) is 6.88. The molecule has 2 unspecified atom stereocenters. The maximum Gasteiger partial charge on any atom is 0.0632 e. The van der Waals surface area contributed by atoms with Gasteiger partial charge in [0.25, 0.3) is 0 Å². The maximum atomic E-state index is 10.7. The molecular weight excluding hydrogens is 267 g/mol. The molecule has 8 N–H and O–H groups in total. The van der Waals surface area contributed by atoms with E-state index in [-0.39, 0.29) is 12.3 Å². The van der Waals surface area contributed by atoms with Gasteiger partial charge in [0, 0.05) is 0 Å². The second kappa shape index (κ2) is 10.8. The summed E-state index contributed by atoms with van der Waals surface area (Å²) in [5.74, 6) is 1.25.